The highest BCUT2D eigenvalue weighted by atomic mass is 15.2. The summed E-state index contributed by atoms with van der Waals surface area (Å²) in [4.78, 5) is 2.79. The van der Waals surface area contributed by atoms with Gasteiger partial charge in [-0.1, -0.05) is 34.6 Å². The van der Waals surface area contributed by atoms with Gasteiger partial charge in [0, 0.05) is 18.1 Å². The number of nitrogens with zero attached hydrogens (tertiary/aromatic N) is 1. The lowest BCUT2D eigenvalue weighted by atomic mass is 9.87. The van der Waals surface area contributed by atoms with Crippen LogP contribution in [-0.2, 0) is 0 Å². The highest BCUT2D eigenvalue weighted by Crippen LogP contribution is 2.35. The molecule has 16 heavy (non-hydrogen) atoms. The van der Waals surface area contributed by atoms with Gasteiger partial charge in [-0.2, -0.15) is 0 Å². The molecule has 0 radical (unpaired) electrons. The summed E-state index contributed by atoms with van der Waals surface area (Å²) < 4.78 is 0. The molecule has 0 aliphatic heterocycles. The molecular weight excluding hydrogens is 194 g/mol. The molecule has 96 valence electrons. The van der Waals surface area contributed by atoms with Crippen molar-refractivity contribution in [2.24, 2.45) is 11.3 Å². The lowest BCUT2D eigenvalue weighted by molar-refractivity contribution is 0.0856. The van der Waals surface area contributed by atoms with Gasteiger partial charge in [0.1, 0.15) is 0 Å². The van der Waals surface area contributed by atoms with Crippen molar-refractivity contribution in [3.63, 3.8) is 0 Å². The van der Waals surface area contributed by atoms with Gasteiger partial charge in [0.25, 0.3) is 0 Å². The largest absolute Gasteiger partial charge is 0.295 e. The van der Waals surface area contributed by atoms with E-state index in [-0.39, 0.29) is 0 Å². The van der Waals surface area contributed by atoms with E-state index < -0.39 is 0 Å². The summed E-state index contributed by atoms with van der Waals surface area (Å²) in [5.74, 6) is 0.767. The van der Waals surface area contributed by atoms with E-state index in [0.717, 1.165) is 24.0 Å². The Balaban J connectivity index is 2.62. The van der Waals surface area contributed by atoms with Crippen molar-refractivity contribution in [1.82, 2.24) is 4.90 Å². The Labute approximate surface area is 103 Å². The summed E-state index contributed by atoms with van der Waals surface area (Å²) in [5.41, 5.74) is 0.448. The van der Waals surface area contributed by atoms with E-state index in [1.807, 2.05) is 0 Å². The van der Waals surface area contributed by atoms with Crippen molar-refractivity contribution in [1.29, 1.82) is 0 Å². The average Bonchev–Trinajstić information content (AvgIpc) is 2.84. The summed E-state index contributed by atoms with van der Waals surface area (Å²) in [6.07, 6.45) is 4.15. The molecule has 0 aromatic carbocycles. The van der Waals surface area contributed by atoms with Crippen molar-refractivity contribution in [2.75, 3.05) is 0 Å². The van der Waals surface area contributed by atoms with Crippen molar-refractivity contribution in [2.45, 2.75) is 85.9 Å². The Hall–Kier alpha value is -0.0400. The SMILES string of the molecule is CC(C)[C@H](C)N(C1CC1)[C@@H](C)CC(C)(C)C. The monoisotopic (exact) mass is 225 g/mol. The van der Waals surface area contributed by atoms with E-state index in [1.165, 1.54) is 19.3 Å². The Morgan fingerprint density at radius 3 is 1.88 bits per heavy atom. The van der Waals surface area contributed by atoms with Gasteiger partial charge >= 0.3 is 0 Å². The molecular formula is C15H31N. The lowest BCUT2D eigenvalue weighted by Crippen LogP contribution is -2.45. The summed E-state index contributed by atoms with van der Waals surface area (Å²) in [7, 11) is 0. The molecule has 0 spiro atoms. The Kier molecular flexibility index (Phi) is 4.45. The van der Waals surface area contributed by atoms with Crippen LogP contribution >= 0.6 is 0 Å². The van der Waals surface area contributed by atoms with Crippen molar-refractivity contribution >= 4 is 0 Å². The Morgan fingerprint density at radius 1 is 1.06 bits per heavy atom. The van der Waals surface area contributed by atoms with Crippen molar-refractivity contribution in [3.05, 3.63) is 0 Å². The van der Waals surface area contributed by atoms with Crippen LogP contribution in [0.5, 0.6) is 0 Å². The molecule has 0 aromatic heterocycles. The van der Waals surface area contributed by atoms with Gasteiger partial charge in [-0.25, -0.2) is 0 Å². The van der Waals surface area contributed by atoms with Crippen LogP contribution in [-0.4, -0.2) is 23.0 Å². The Bertz CT molecular complexity index is 210. The standard InChI is InChI=1S/C15H31N/c1-11(2)13(4)16(14-8-9-14)12(3)10-15(5,6)7/h11-14H,8-10H2,1-7H3/t12-,13-/m0/s1. The molecule has 1 nitrogen and oxygen atoms in total. The van der Waals surface area contributed by atoms with Gasteiger partial charge in [0.2, 0.25) is 0 Å². The highest BCUT2D eigenvalue weighted by molar-refractivity contribution is 4.92. The van der Waals surface area contributed by atoms with Crippen molar-refractivity contribution < 1.29 is 0 Å². The van der Waals surface area contributed by atoms with Gasteiger partial charge in [-0.15, -0.1) is 0 Å². The molecule has 0 bridgehead atoms. The molecule has 1 rings (SSSR count). The third kappa shape index (κ3) is 4.08. The van der Waals surface area contributed by atoms with Crippen LogP contribution in [0, 0.1) is 11.3 Å². The van der Waals surface area contributed by atoms with Crippen LogP contribution in [0.4, 0.5) is 0 Å². The summed E-state index contributed by atoms with van der Waals surface area (Å²) in [6, 6.07) is 2.34. The molecule has 1 fully saturated rings. The first-order valence-electron chi connectivity index (χ1n) is 7.00. The van der Waals surface area contributed by atoms with Crippen LogP contribution in [0.25, 0.3) is 0 Å². The minimum atomic E-state index is 0.448. The highest BCUT2D eigenvalue weighted by Gasteiger charge is 2.37. The second kappa shape index (κ2) is 5.08. The molecule has 1 aliphatic rings. The van der Waals surface area contributed by atoms with E-state index in [9.17, 15) is 0 Å². The predicted molar refractivity (Wildman–Crippen MR) is 72.7 cm³/mol. The van der Waals surface area contributed by atoms with Gasteiger partial charge in [0.15, 0.2) is 0 Å². The average molecular weight is 225 g/mol. The third-order valence-corrected chi connectivity index (χ3v) is 3.82. The number of hydrogen-bond acceptors (Lipinski definition) is 1. The second-order valence-electron chi connectivity index (χ2n) is 7.28. The molecule has 0 saturated heterocycles. The number of rotatable bonds is 5. The van der Waals surface area contributed by atoms with Crippen LogP contribution in [0.3, 0.4) is 0 Å². The molecule has 1 aliphatic carbocycles. The molecule has 1 saturated carbocycles. The molecule has 0 heterocycles. The minimum Gasteiger partial charge on any atom is -0.295 e. The van der Waals surface area contributed by atoms with Gasteiger partial charge in [-0.3, -0.25) is 4.90 Å². The molecule has 0 unspecified atom stereocenters. The fraction of sp³-hybridized carbons (Fsp3) is 1.00. The second-order valence-corrected chi connectivity index (χ2v) is 7.28. The van der Waals surface area contributed by atoms with E-state index in [1.54, 1.807) is 0 Å². The summed E-state index contributed by atoms with van der Waals surface area (Å²) in [6.45, 7) is 16.6. The van der Waals surface area contributed by atoms with Crippen molar-refractivity contribution in [3.8, 4) is 0 Å². The molecule has 0 aromatic rings. The fourth-order valence-electron chi connectivity index (χ4n) is 2.80. The van der Waals surface area contributed by atoms with Crippen LogP contribution < -0.4 is 0 Å². The first-order chi connectivity index (χ1) is 7.22. The molecule has 0 N–H and O–H groups in total. The van der Waals surface area contributed by atoms with E-state index in [0.29, 0.717) is 5.41 Å². The van der Waals surface area contributed by atoms with E-state index in [4.69, 9.17) is 0 Å². The van der Waals surface area contributed by atoms with Gasteiger partial charge < -0.3 is 0 Å². The van der Waals surface area contributed by atoms with Gasteiger partial charge in [-0.05, 0) is 44.4 Å². The number of hydrogen-bond donors (Lipinski definition) is 0. The van der Waals surface area contributed by atoms with Crippen LogP contribution in [0.2, 0.25) is 0 Å². The first kappa shape index (κ1) is 14.0. The zero-order valence-electron chi connectivity index (χ0n) is 12.4. The van der Waals surface area contributed by atoms with Gasteiger partial charge in [0.05, 0.1) is 0 Å². The minimum absolute atomic E-state index is 0.448. The van der Waals surface area contributed by atoms with E-state index >= 15 is 0 Å². The van der Waals surface area contributed by atoms with Crippen LogP contribution in [0.15, 0.2) is 0 Å². The topological polar surface area (TPSA) is 3.24 Å². The normalized spacial score (nSPS) is 21.6. The maximum absolute atomic E-state index is 2.79. The third-order valence-electron chi connectivity index (χ3n) is 3.82. The zero-order valence-corrected chi connectivity index (χ0v) is 12.4. The van der Waals surface area contributed by atoms with Crippen LogP contribution in [0.1, 0.15) is 67.7 Å². The maximum Gasteiger partial charge on any atom is 0.0102 e. The lowest BCUT2D eigenvalue weighted by Gasteiger charge is -2.39. The summed E-state index contributed by atoms with van der Waals surface area (Å²) in [5, 5.41) is 0. The smallest absolute Gasteiger partial charge is 0.0102 e. The first-order valence-corrected chi connectivity index (χ1v) is 7.00. The predicted octanol–water partition coefficient (Wildman–Crippen LogP) is 4.32. The fourth-order valence-corrected chi connectivity index (χ4v) is 2.80. The molecule has 0 amide bonds. The molecule has 1 heteroatoms. The maximum atomic E-state index is 2.79. The Morgan fingerprint density at radius 2 is 1.56 bits per heavy atom. The molecule has 2 atom stereocenters. The zero-order chi connectivity index (χ0) is 12.5. The quantitative estimate of drug-likeness (QED) is 0.673. The summed E-state index contributed by atoms with van der Waals surface area (Å²) >= 11 is 0. The van der Waals surface area contributed by atoms with E-state index in [2.05, 4.69) is 53.4 Å².